The summed E-state index contributed by atoms with van der Waals surface area (Å²) in [4.78, 5) is 3.62. The first-order chi connectivity index (χ1) is 4.77. The predicted octanol–water partition coefficient (Wildman–Crippen LogP) is 0.709. The average molecular weight is 140 g/mol. The second-order valence-corrected chi connectivity index (χ2v) is 1.81. The molecule has 0 radical (unpaired) electrons. The van der Waals surface area contributed by atoms with Crippen molar-refractivity contribution in [2.24, 2.45) is 0 Å². The molecule has 0 atom stereocenters. The van der Waals surface area contributed by atoms with E-state index in [0.29, 0.717) is 0 Å². The molecule has 0 bridgehead atoms. The highest BCUT2D eigenvalue weighted by Crippen LogP contribution is 2.27. The zero-order valence-corrected chi connectivity index (χ0v) is 4.87. The summed E-state index contributed by atoms with van der Waals surface area (Å²) >= 11 is 0. The van der Waals surface area contributed by atoms with Gasteiger partial charge in [0, 0.05) is 0 Å². The van der Waals surface area contributed by atoms with E-state index < -0.39 is 0 Å². The Labute approximate surface area is 55.1 Å². The maximum absolute atomic E-state index is 8.94. The van der Waals surface area contributed by atoms with Crippen molar-refractivity contribution in [2.45, 2.75) is 0 Å². The molecule has 2 aromatic heterocycles. The van der Waals surface area contributed by atoms with Crippen LogP contribution in [0.4, 0.5) is 6.01 Å². The first-order valence-corrected chi connectivity index (χ1v) is 2.60. The van der Waals surface area contributed by atoms with Gasteiger partial charge in [0.2, 0.25) is 5.58 Å². The van der Waals surface area contributed by atoms with E-state index in [4.69, 9.17) is 19.7 Å². The maximum Gasteiger partial charge on any atom is 0.296 e. The summed E-state index contributed by atoms with van der Waals surface area (Å²) in [7, 11) is 0. The molecule has 5 heteroatoms. The summed E-state index contributed by atoms with van der Waals surface area (Å²) in [6.07, 6.45) is 1.14. The van der Waals surface area contributed by atoms with Crippen LogP contribution in [0.25, 0.3) is 11.3 Å². The molecule has 0 fully saturated rings. The summed E-state index contributed by atoms with van der Waals surface area (Å²) < 4.78 is 9.50. The van der Waals surface area contributed by atoms with Gasteiger partial charge in [-0.15, -0.1) is 0 Å². The molecule has 2 aromatic rings. The van der Waals surface area contributed by atoms with Crippen LogP contribution in [0.2, 0.25) is 0 Å². The Kier molecular flexibility index (Phi) is 0.743. The minimum Gasteiger partial charge on any atom is -0.502 e. The molecule has 5 nitrogen and oxygen atoms in total. The first-order valence-electron chi connectivity index (χ1n) is 2.60. The Balaban J connectivity index is 2.90. The van der Waals surface area contributed by atoms with Crippen molar-refractivity contribution in [3.8, 4) is 5.75 Å². The standard InChI is InChI=1S/C5H4N2O3/c6-5-7-4-3(10-5)2(8)1-9-4/h1,8H,(H2,6,7). The monoisotopic (exact) mass is 140 g/mol. The number of hydrogen-bond acceptors (Lipinski definition) is 5. The zero-order chi connectivity index (χ0) is 7.14. The van der Waals surface area contributed by atoms with Crippen LogP contribution in [0.1, 0.15) is 0 Å². The van der Waals surface area contributed by atoms with Crippen LogP contribution < -0.4 is 5.73 Å². The van der Waals surface area contributed by atoms with Gasteiger partial charge in [-0.1, -0.05) is 0 Å². The second-order valence-electron chi connectivity index (χ2n) is 1.81. The lowest BCUT2D eigenvalue weighted by molar-refractivity contribution is 0.452. The van der Waals surface area contributed by atoms with Crippen LogP contribution in [0.3, 0.4) is 0 Å². The molecule has 0 amide bonds. The van der Waals surface area contributed by atoms with E-state index in [1.807, 2.05) is 0 Å². The van der Waals surface area contributed by atoms with E-state index in [1.165, 1.54) is 0 Å². The molecule has 3 N–H and O–H groups in total. The fourth-order valence-electron chi connectivity index (χ4n) is 0.729. The number of nitrogens with zero attached hydrogens (tertiary/aromatic N) is 1. The molecular weight excluding hydrogens is 136 g/mol. The lowest BCUT2D eigenvalue weighted by Crippen LogP contribution is -1.80. The molecule has 0 saturated carbocycles. The number of rotatable bonds is 0. The van der Waals surface area contributed by atoms with Gasteiger partial charge in [-0.3, -0.25) is 0 Å². The van der Waals surface area contributed by atoms with E-state index in [2.05, 4.69) is 4.98 Å². The lowest BCUT2D eigenvalue weighted by Gasteiger charge is -1.76. The van der Waals surface area contributed by atoms with Gasteiger partial charge < -0.3 is 19.7 Å². The maximum atomic E-state index is 8.94. The van der Waals surface area contributed by atoms with E-state index in [-0.39, 0.29) is 23.1 Å². The summed E-state index contributed by atoms with van der Waals surface area (Å²) in [5.74, 6) is -0.0841. The molecule has 0 aromatic carbocycles. The van der Waals surface area contributed by atoms with Crippen molar-refractivity contribution in [1.82, 2.24) is 4.98 Å². The van der Waals surface area contributed by atoms with E-state index >= 15 is 0 Å². The largest absolute Gasteiger partial charge is 0.502 e. The molecule has 52 valence electrons. The van der Waals surface area contributed by atoms with Crippen LogP contribution in [0.5, 0.6) is 5.75 Å². The van der Waals surface area contributed by atoms with Gasteiger partial charge in [0.05, 0.1) is 0 Å². The molecule has 0 spiro atoms. The van der Waals surface area contributed by atoms with Crippen LogP contribution in [0, 0.1) is 0 Å². The highest BCUT2D eigenvalue weighted by atomic mass is 16.4. The minimum absolute atomic E-state index is 0.00958. The molecule has 0 saturated heterocycles. The van der Waals surface area contributed by atoms with E-state index in [9.17, 15) is 0 Å². The third-order valence-electron chi connectivity index (χ3n) is 1.13. The number of nitrogen functional groups attached to an aromatic ring is 1. The van der Waals surface area contributed by atoms with Crippen molar-refractivity contribution in [3.63, 3.8) is 0 Å². The van der Waals surface area contributed by atoms with Crippen molar-refractivity contribution in [3.05, 3.63) is 6.26 Å². The third-order valence-corrected chi connectivity index (χ3v) is 1.13. The first kappa shape index (κ1) is 5.16. The van der Waals surface area contributed by atoms with Crippen LogP contribution in [-0.4, -0.2) is 10.1 Å². The van der Waals surface area contributed by atoms with Gasteiger partial charge in [-0.25, -0.2) is 0 Å². The summed E-state index contributed by atoms with van der Waals surface area (Å²) in [5.41, 5.74) is 5.56. The summed E-state index contributed by atoms with van der Waals surface area (Å²) in [6.45, 7) is 0. The molecule has 0 unspecified atom stereocenters. The van der Waals surface area contributed by atoms with E-state index in [1.54, 1.807) is 0 Å². The Morgan fingerprint density at radius 3 is 3.10 bits per heavy atom. The molecule has 0 aliphatic rings. The topological polar surface area (TPSA) is 85.4 Å². The van der Waals surface area contributed by atoms with Crippen molar-refractivity contribution in [2.75, 3.05) is 5.73 Å². The number of furan rings is 1. The van der Waals surface area contributed by atoms with E-state index in [0.717, 1.165) is 6.26 Å². The van der Waals surface area contributed by atoms with Crippen molar-refractivity contribution >= 4 is 17.3 Å². The van der Waals surface area contributed by atoms with Crippen molar-refractivity contribution in [1.29, 1.82) is 0 Å². The van der Waals surface area contributed by atoms with Gasteiger partial charge in [0.1, 0.15) is 6.26 Å². The summed E-state index contributed by atoms with van der Waals surface area (Å²) in [5, 5.41) is 8.94. The average Bonchev–Trinajstić information content (AvgIpc) is 2.35. The SMILES string of the molecule is Nc1nc2occ(O)c2o1. The molecule has 0 aliphatic heterocycles. The van der Waals surface area contributed by atoms with Gasteiger partial charge in [0.25, 0.3) is 11.7 Å². The van der Waals surface area contributed by atoms with Gasteiger partial charge in [-0.2, -0.15) is 4.98 Å². The molecule has 0 aliphatic carbocycles. The number of nitrogens with two attached hydrogens (primary N) is 1. The summed E-state index contributed by atoms with van der Waals surface area (Å²) in [6, 6.07) is -0.00958. The highest BCUT2D eigenvalue weighted by Gasteiger charge is 2.10. The smallest absolute Gasteiger partial charge is 0.296 e. The zero-order valence-electron chi connectivity index (χ0n) is 4.87. The second kappa shape index (κ2) is 1.44. The number of hydrogen-bond donors (Lipinski definition) is 2. The number of aromatic nitrogens is 1. The van der Waals surface area contributed by atoms with Gasteiger partial charge >= 0.3 is 0 Å². The number of anilines is 1. The van der Waals surface area contributed by atoms with Gasteiger partial charge in [-0.05, 0) is 0 Å². The van der Waals surface area contributed by atoms with Crippen LogP contribution in [-0.2, 0) is 0 Å². The predicted molar refractivity (Wildman–Crippen MR) is 32.4 cm³/mol. The van der Waals surface area contributed by atoms with Crippen LogP contribution >= 0.6 is 0 Å². The van der Waals surface area contributed by atoms with Crippen molar-refractivity contribution < 1.29 is 13.9 Å². The normalized spacial score (nSPS) is 10.8. The lowest BCUT2D eigenvalue weighted by atomic mass is 10.6. The Morgan fingerprint density at radius 2 is 2.40 bits per heavy atom. The van der Waals surface area contributed by atoms with Gasteiger partial charge in [0.15, 0.2) is 5.75 Å². The number of aromatic hydroxyl groups is 1. The Morgan fingerprint density at radius 1 is 1.60 bits per heavy atom. The highest BCUT2D eigenvalue weighted by molar-refractivity contribution is 5.74. The number of fused-ring (bicyclic) bond motifs is 1. The third kappa shape index (κ3) is 0.485. The molecular formula is C5H4N2O3. The van der Waals surface area contributed by atoms with Crippen LogP contribution in [0.15, 0.2) is 15.1 Å². The fraction of sp³-hybridized carbons (Fsp3) is 0. The Bertz CT molecular complexity index is 362. The number of oxazole rings is 1. The molecule has 10 heavy (non-hydrogen) atoms. The minimum atomic E-state index is -0.0841. The Hall–Kier alpha value is -1.65. The molecule has 2 heterocycles. The quantitative estimate of drug-likeness (QED) is 0.562. The fourth-order valence-corrected chi connectivity index (χ4v) is 0.729. The molecule has 2 rings (SSSR count).